The number of likely N-dealkylation sites (tertiary alicyclic amines) is 1. The second kappa shape index (κ2) is 4.58. The monoisotopic (exact) mass is 297 g/mol. The molecule has 0 aliphatic carbocycles. The van der Waals surface area contributed by atoms with Crippen LogP contribution in [0.15, 0.2) is 12.1 Å². The molecule has 6 heteroatoms. The lowest BCUT2D eigenvalue weighted by atomic mass is 9.99. The fraction of sp³-hybridized carbons (Fsp3) is 0.533. The van der Waals surface area contributed by atoms with Crippen LogP contribution < -0.4 is 4.74 Å². The van der Waals surface area contributed by atoms with E-state index >= 15 is 0 Å². The summed E-state index contributed by atoms with van der Waals surface area (Å²) in [4.78, 5) is 13.7. The summed E-state index contributed by atoms with van der Waals surface area (Å²) in [6.45, 7) is 5.64. The van der Waals surface area contributed by atoms with Gasteiger partial charge in [-0.2, -0.15) is 0 Å². The lowest BCUT2D eigenvalue weighted by Crippen LogP contribution is -2.36. The molecule has 1 aromatic rings. The molecule has 2 heterocycles. The van der Waals surface area contributed by atoms with Crippen LogP contribution in [-0.4, -0.2) is 29.2 Å². The van der Waals surface area contributed by atoms with Crippen LogP contribution in [0.1, 0.15) is 38.8 Å². The standard InChI is InChI=1S/C15H17F2NO3/c1-15(2,3)21-14(19)18-7-9-6-12(18)10-4-8(16)5-11(17)13(10)20-9/h4-5,9,12H,6-7H2,1-3H3/t9-,12-/m0/s1. The number of ether oxygens (including phenoxy) is 2. The largest absolute Gasteiger partial charge is 0.485 e. The third-order valence-electron chi connectivity index (χ3n) is 3.57. The zero-order valence-corrected chi connectivity index (χ0v) is 12.2. The first-order valence-electron chi connectivity index (χ1n) is 6.90. The molecule has 0 spiro atoms. The van der Waals surface area contributed by atoms with Crippen molar-refractivity contribution < 1.29 is 23.0 Å². The predicted molar refractivity (Wildman–Crippen MR) is 71.1 cm³/mol. The zero-order valence-electron chi connectivity index (χ0n) is 12.2. The highest BCUT2D eigenvalue weighted by Crippen LogP contribution is 2.45. The minimum absolute atomic E-state index is 0.0451. The molecule has 0 aromatic heterocycles. The highest BCUT2D eigenvalue weighted by Gasteiger charge is 2.45. The molecule has 2 bridgehead atoms. The predicted octanol–water partition coefficient (Wildman–Crippen LogP) is 3.41. The molecule has 0 unspecified atom stereocenters. The fourth-order valence-electron chi connectivity index (χ4n) is 2.82. The van der Waals surface area contributed by atoms with E-state index in [1.54, 1.807) is 20.8 Å². The average molecular weight is 297 g/mol. The molecule has 1 saturated heterocycles. The molecule has 4 nitrogen and oxygen atoms in total. The van der Waals surface area contributed by atoms with Gasteiger partial charge in [-0.15, -0.1) is 0 Å². The summed E-state index contributed by atoms with van der Waals surface area (Å²) in [7, 11) is 0. The van der Waals surface area contributed by atoms with Crippen LogP contribution in [0.3, 0.4) is 0 Å². The van der Waals surface area contributed by atoms with E-state index in [0.717, 1.165) is 6.07 Å². The number of halogens is 2. The Morgan fingerprint density at radius 3 is 2.76 bits per heavy atom. The minimum Gasteiger partial charge on any atom is -0.485 e. The number of carbonyl (C=O) groups is 1. The summed E-state index contributed by atoms with van der Waals surface area (Å²) in [5.41, 5.74) is -0.253. The molecule has 2 atom stereocenters. The van der Waals surface area contributed by atoms with Gasteiger partial charge in [-0.05, 0) is 26.8 Å². The van der Waals surface area contributed by atoms with Gasteiger partial charge in [-0.1, -0.05) is 0 Å². The van der Waals surface area contributed by atoms with E-state index in [1.165, 1.54) is 11.0 Å². The van der Waals surface area contributed by atoms with E-state index in [4.69, 9.17) is 9.47 Å². The van der Waals surface area contributed by atoms with Crippen molar-refractivity contribution >= 4 is 6.09 Å². The van der Waals surface area contributed by atoms with E-state index in [0.29, 0.717) is 18.5 Å². The lowest BCUT2D eigenvalue weighted by Gasteiger charge is -2.29. The van der Waals surface area contributed by atoms with Crippen molar-refractivity contribution in [2.75, 3.05) is 6.54 Å². The highest BCUT2D eigenvalue weighted by atomic mass is 19.1. The quantitative estimate of drug-likeness (QED) is 0.736. The topological polar surface area (TPSA) is 38.8 Å². The number of benzene rings is 1. The Morgan fingerprint density at radius 1 is 1.38 bits per heavy atom. The smallest absolute Gasteiger partial charge is 0.410 e. The molecular formula is C15H17F2NO3. The Labute approximate surface area is 121 Å². The minimum atomic E-state index is -0.731. The van der Waals surface area contributed by atoms with Gasteiger partial charge < -0.3 is 9.47 Å². The first-order valence-corrected chi connectivity index (χ1v) is 6.90. The molecule has 1 aromatic carbocycles. The highest BCUT2D eigenvalue weighted by molar-refractivity contribution is 5.70. The summed E-state index contributed by atoms with van der Waals surface area (Å²) in [5.74, 6) is -1.36. The Balaban J connectivity index is 1.93. The normalized spacial score (nSPS) is 23.6. The second-order valence-electron chi connectivity index (χ2n) is 6.43. The molecule has 114 valence electrons. The molecule has 1 fully saturated rings. The van der Waals surface area contributed by atoms with Gasteiger partial charge in [-0.3, -0.25) is 4.90 Å². The van der Waals surface area contributed by atoms with Crippen molar-refractivity contribution in [3.63, 3.8) is 0 Å². The van der Waals surface area contributed by atoms with Crippen molar-refractivity contribution in [3.05, 3.63) is 29.3 Å². The van der Waals surface area contributed by atoms with E-state index in [9.17, 15) is 13.6 Å². The third kappa shape index (κ3) is 2.54. The van der Waals surface area contributed by atoms with Gasteiger partial charge in [0.1, 0.15) is 17.5 Å². The number of hydrogen-bond donors (Lipinski definition) is 0. The van der Waals surface area contributed by atoms with E-state index in [2.05, 4.69) is 0 Å². The third-order valence-corrected chi connectivity index (χ3v) is 3.57. The van der Waals surface area contributed by atoms with Gasteiger partial charge in [0.2, 0.25) is 0 Å². The maximum atomic E-state index is 13.8. The molecular weight excluding hydrogens is 280 g/mol. The van der Waals surface area contributed by atoms with E-state index in [1.807, 2.05) is 0 Å². The van der Waals surface area contributed by atoms with Crippen molar-refractivity contribution in [2.24, 2.45) is 0 Å². The zero-order chi connectivity index (χ0) is 15.4. The fourth-order valence-corrected chi connectivity index (χ4v) is 2.82. The number of fused-ring (bicyclic) bond motifs is 4. The Hall–Kier alpha value is -1.85. The van der Waals surface area contributed by atoms with Gasteiger partial charge in [0.05, 0.1) is 12.6 Å². The van der Waals surface area contributed by atoms with Gasteiger partial charge >= 0.3 is 6.09 Å². The summed E-state index contributed by atoms with van der Waals surface area (Å²) in [5, 5.41) is 0. The molecule has 3 rings (SSSR count). The van der Waals surface area contributed by atoms with Crippen LogP contribution in [0.5, 0.6) is 5.75 Å². The van der Waals surface area contributed by atoms with Crippen molar-refractivity contribution in [1.82, 2.24) is 4.90 Å². The molecule has 1 amide bonds. The van der Waals surface area contributed by atoms with Gasteiger partial charge in [-0.25, -0.2) is 13.6 Å². The van der Waals surface area contributed by atoms with Gasteiger partial charge in [0.25, 0.3) is 0 Å². The van der Waals surface area contributed by atoms with Crippen LogP contribution >= 0.6 is 0 Å². The van der Waals surface area contributed by atoms with Crippen LogP contribution in [0, 0.1) is 11.6 Å². The SMILES string of the molecule is CC(C)(C)OC(=O)N1C[C@@H]2C[C@H]1c1cc(F)cc(F)c1O2. The maximum absolute atomic E-state index is 13.8. The number of hydrogen-bond acceptors (Lipinski definition) is 3. The van der Waals surface area contributed by atoms with E-state index in [-0.39, 0.29) is 11.9 Å². The average Bonchev–Trinajstić information content (AvgIpc) is 2.68. The molecule has 0 saturated carbocycles. The van der Waals surface area contributed by atoms with Gasteiger partial charge in [0, 0.05) is 18.1 Å². The Kier molecular flexibility index (Phi) is 3.07. The van der Waals surface area contributed by atoms with Crippen molar-refractivity contribution in [2.45, 2.75) is 44.9 Å². The summed E-state index contributed by atoms with van der Waals surface area (Å²) in [6.07, 6.45) is -0.249. The number of nitrogens with zero attached hydrogens (tertiary/aromatic N) is 1. The molecule has 21 heavy (non-hydrogen) atoms. The van der Waals surface area contributed by atoms with Crippen LogP contribution in [0.4, 0.5) is 13.6 Å². The van der Waals surface area contributed by atoms with Crippen LogP contribution in [0.2, 0.25) is 0 Å². The summed E-state index contributed by atoms with van der Waals surface area (Å²) >= 11 is 0. The molecule has 0 N–H and O–H groups in total. The molecule has 0 radical (unpaired) electrons. The number of amides is 1. The maximum Gasteiger partial charge on any atom is 0.410 e. The first-order chi connectivity index (χ1) is 9.74. The number of rotatable bonds is 0. The Bertz CT molecular complexity index is 597. The molecule has 2 aliphatic heterocycles. The van der Waals surface area contributed by atoms with Gasteiger partial charge in [0.15, 0.2) is 11.6 Å². The van der Waals surface area contributed by atoms with Crippen LogP contribution in [-0.2, 0) is 4.74 Å². The van der Waals surface area contributed by atoms with E-state index < -0.39 is 29.4 Å². The summed E-state index contributed by atoms with van der Waals surface area (Å²) in [6, 6.07) is 1.61. The van der Waals surface area contributed by atoms with Crippen molar-refractivity contribution in [1.29, 1.82) is 0 Å². The Morgan fingerprint density at radius 2 is 2.10 bits per heavy atom. The first kappa shape index (κ1) is 14.1. The lowest BCUT2D eigenvalue weighted by molar-refractivity contribution is 0.0222. The summed E-state index contributed by atoms with van der Waals surface area (Å²) < 4.78 is 38.1. The van der Waals surface area contributed by atoms with Crippen molar-refractivity contribution in [3.8, 4) is 5.75 Å². The molecule has 2 aliphatic rings. The van der Waals surface area contributed by atoms with Crippen LogP contribution in [0.25, 0.3) is 0 Å². The number of carbonyl (C=O) groups excluding carboxylic acids is 1. The second-order valence-corrected chi connectivity index (χ2v) is 6.43.